The van der Waals surface area contributed by atoms with E-state index in [1.165, 1.54) is 25.6 Å². The summed E-state index contributed by atoms with van der Waals surface area (Å²) in [5.41, 5.74) is -0.712. The van der Waals surface area contributed by atoms with Gasteiger partial charge in [0.05, 0.1) is 0 Å². The first-order valence-electron chi connectivity index (χ1n) is 6.45. The van der Waals surface area contributed by atoms with Crippen LogP contribution in [-0.4, -0.2) is 32.2 Å². The van der Waals surface area contributed by atoms with Gasteiger partial charge in [-0.15, -0.1) is 5.10 Å². The van der Waals surface area contributed by atoms with E-state index in [2.05, 4.69) is 27.3 Å². The molecule has 1 aromatic heterocycles. The fourth-order valence-corrected chi connectivity index (χ4v) is 2.42. The van der Waals surface area contributed by atoms with Crippen LogP contribution < -0.4 is 0 Å². The van der Waals surface area contributed by atoms with Gasteiger partial charge in [0.2, 0.25) is 5.69 Å². The smallest absolute Gasteiger partial charge is 0.359 e. The fourth-order valence-electron chi connectivity index (χ4n) is 1.54. The molecule has 0 aliphatic carbocycles. The zero-order valence-electron chi connectivity index (χ0n) is 12.1. The molecule has 2 rings (SSSR count). The number of rotatable bonds is 4. The number of carboxylic acid groups (broad SMARTS) is 1. The van der Waals surface area contributed by atoms with Crippen LogP contribution >= 0.6 is 11.8 Å². The minimum atomic E-state index is -1.32. The van der Waals surface area contributed by atoms with E-state index >= 15 is 0 Å². The SMILES string of the molecule is CC(C)(F)CC#Cc1cccc(Sc2[nH]nnc2C(=O)O)c1. The summed E-state index contributed by atoms with van der Waals surface area (Å²) in [6.07, 6.45) is 0.151. The second-order valence-electron chi connectivity index (χ2n) is 5.12. The number of aromatic nitrogens is 3. The zero-order chi connectivity index (χ0) is 16.2. The van der Waals surface area contributed by atoms with Gasteiger partial charge in [0, 0.05) is 16.9 Å². The molecule has 0 aliphatic rings. The molecular formula is C15H14FN3O2S. The highest BCUT2D eigenvalue weighted by Crippen LogP contribution is 2.28. The monoisotopic (exact) mass is 319 g/mol. The Morgan fingerprint density at radius 2 is 2.27 bits per heavy atom. The largest absolute Gasteiger partial charge is 0.476 e. The average Bonchev–Trinajstić information content (AvgIpc) is 2.86. The summed E-state index contributed by atoms with van der Waals surface area (Å²) < 4.78 is 13.4. The Morgan fingerprint density at radius 3 is 2.95 bits per heavy atom. The van der Waals surface area contributed by atoms with Crippen molar-refractivity contribution in [1.82, 2.24) is 15.4 Å². The molecule has 1 heterocycles. The Balaban J connectivity index is 2.15. The van der Waals surface area contributed by atoms with Crippen molar-refractivity contribution >= 4 is 17.7 Å². The maximum Gasteiger partial charge on any atom is 0.359 e. The van der Waals surface area contributed by atoms with Crippen molar-refractivity contribution in [2.24, 2.45) is 0 Å². The number of hydrogen-bond donors (Lipinski definition) is 2. The van der Waals surface area contributed by atoms with Gasteiger partial charge in [0.25, 0.3) is 0 Å². The Hall–Kier alpha value is -2.33. The van der Waals surface area contributed by atoms with Crippen LogP contribution in [0.2, 0.25) is 0 Å². The molecule has 0 aliphatic heterocycles. The molecule has 2 aromatic rings. The molecule has 0 atom stereocenters. The second-order valence-corrected chi connectivity index (χ2v) is 6.21. The number of hydrogen-bond acceptors (Lipinski definition) is 4. The molecule has 22 heavy (non-hydrogen) atoms. The van der Waals surface area contributed by atoms with Crippen LogP contribution in [0.15, 0.2) is 34.2 Å². The standard InChI is InChI=1S/C15H14FN3O2S/c1-15(2,16)8-4-6-10-5-3-7-11(9-10)22-13-12(14(20)21)17-19-18-13/h3,5,7,9H,8H2,1-2H3,(H,20,21)(H,17,18,19). The molecule has 1 aromatic carbocycles. The fraction of sp³-hybridized carbons (Fsp3) is 0.267. The van der Waals surface area contributed by atoms with Crippen LogP contribution in [0.5, 0.6) is 0 Å². The summed E-state index contributed by atoms with van der Waals surface area (Å²) >= 11 is 1.20. The number of benzene rings is 1. The molecule has 0 fully saturated rings. The number of aromatic carboxylic acids is 1. The van der Waals surface area contributed by atoms with Crippen LogP contribution in [0.25, 0.3) is 0 Å². The van der Waals surface area contributed by atoms with Crippen LogP contribution in [0, 0.1) is 11.8 Å². The van der Waals surface area contributed by atoms with Crippen molar-refractivity contribution in [3.05, 3.63) is 35.5 Å². The van der Waals surface area contributed by atoms with Crippen molar-refractivity contribution in [2.45, 2.75) is 35.9 Å². The van der Waals surface area contributed by atoms with Crippen LogP contribution in [0.1, 0.15) is 36.3 Å². The zero-order valence-corrected chi connectivity index (χ0v) is 12.9. The van der Waals surface area contributed by atoms with Gasteiger partial charge in [-0.25, -0.2) is 9.18 Å². The van der Waals surface area contributed by atoms with Crippen molar-refractivity contribution in [2.75, 3.05) is 0 Å². The molecule has 2 N–H and O–H groups in total. The average molecular weight is 319 g/mol. The van der Waals surface area contributed by atoms with Gasteiger partial charge < -0.3 is 5.11 Å². The first kappa shape index (κ1) is 16.0. The molecular weight excluding hydrogens is 305 g/mol. The minimum absolute atomic E-state index is 0.124. The van der Waals surface area contributed by atoms with Crippen LogP contribution in [0.3, 0.4) is 0 Å². The Bertz CT molecular complexity index is 741. The number of nitrogens with zero attached hydrogens (tertiary/aromatic N) is 2. The highest BCUT2D eigenvalue weighted by atomic mass is 32.2. The first-order valence-corrected chi connectivity index (χ1v) is 7.27. The molecule has 7 heteroatoms. The van der Waals surface area contributed by atoms with Crippen molar-refractivity contribution < 1.29 is 14.3 Å². The van der Waals surface area contributed by atoms with Crippen molar-refractivity contribution in [3.8, 4) is 11.8 Å². The Labute approximate surface area is 131 Å². The number of nitrogens with one attached hydrogen (secondary N) is 1. The normalized spacial score (nSPS) is 10.9. The number of H-pyrrole nitrogens is 1. The third-order valence-corrected chi connectivity index (χ3v) is 3.49. The predicted octanol–water partition coefficient (Wildman–Crippen LogP) is 3.14. The second kappa shape index (κ2) is 6.62. The van der Waals surface area contributed by atoms with E-state index in [0.29, 0.717) is 5.03 Å². The van der Waals surface area contributed by atoms with Gasteiger partial charge in [0.1, 0.15) is 10.7 Å². The molecule has 0 unspecified atom stereocenters. The lowest BCUT2D eigenvalue weighted by atomic mass is 10.1. The number of alkyl halides is 1. The van der Waals surface area contributed by atoms with Crippen LogP contribution in [0.4, 0.5) is 4.39 Å². The summed E-state index contributed by atoms with van der Waals surface area (Å²) in [5.74, 6) is 4.55. The van der Waals surface area contributed by atoms with E-state index in [-0.39, 0.29) is 12.1 Å². The predicted molar refractivity (Wildman–Crippen MR) is 80.6 cm³/mol. The summed E-state index contributed by atoms with van der Waals surface area (Å²) in [6, 6.07) is 7.24. The molecule has 0 saturated heterocycles. The van der Waals surface area contributed by atoms with Gasteiger partial charge in [-0.2, -0.15) is 0 Å². The Kier molecular flexibility index (Phi) is 4.83. The Morgan fingerprint density at radius 1 is 1.50 bits per heavy atom. The maximum absolute atomic E-state index is 13.4. The highest BCUT2D eigenvalue weighted by Gasteiger charge is 2.15. The van der Waals surface area contributed by atoms with E-state index in [0.717, 1.165) is 10.5 Å². The molecule has 5 nitrogen and oxygen atoms in total. The van der Waals surface area contributed by atoms with E-state index in [1.807, 2.05) is 12.1 Å². The van der Waals surface area contributed by atoms with Crippen molar-refractivity contribution in [3.63, 3.8) is 0 Å². The summed E-state index contributed by atoms with van der Waals surface area (Å²) in [4.78, 5) is 11.8. The third kappa shape index (κ3) is 4.60. The molecule has 0 radical (unpaired) electrons. The summed E-state index contributed by atoms with van der Waals surface area (Å²) in [5, 5.41) is 18.9. The quantitative estimate of drug-likeness (QED) is 0.846. The topological polar surface area (TPSA) is 78.9 Å². The van der Waals surface area contributed by atoms with E-state index in [4.69, 9.17) is 5.11 Å². The van der Waals surface area contributed by atoms with E-state index < -0.39 is 11.6 Å². The number of carbonyl (C=O) groups is 1. The minimum Gasteiger partial charge on any atom is -0.476 e. The summed E-state index contributed by atoms with van der Waals surface area (Å²) in [6.45, 7) is 2.96. The maximum atomic E-state index is 13.4. The van der Waals surface area contributed by atoms with E-state index in [1.54, 1.807) is 12.1 Å². The molecule has 0 amide bonds. The van der Waals surface area contributed by atoms with Gasteiger partial charge in [-0.1, -0.05) is 34.9 Å². The van der Waals surface area contributed by atoms with Crippen molar-refractivity contribution in [1.29, 1.82) is 0 Å². The summed E-state index contributed by atoms with van der Waals surface area (Å²) in [7, 11) is 0. The third-order valence-electron chi connectivity index (χ3n) is 2.51. The van der Waals surface area contributed by atoms with Gasteiger partial charge >= 0.3 is 5.97 Å². The highest BCUT2D eigenvalue weighted by molar-refractivity contribution is 7.99. The van der Waals surface area contributed by atoms with E-state index in [9.17, 15) is 9.18 Å². The lowest BCUT2D eigenvalue weighted by Crippen LogP contribution is -2.09. The molecule has 0 spiro atoms. The lowest BCUT2D eigenvalue weighted by Gasteiger charge is -2.07. The number of carboxylic acids is 1. The van der Waals surface area contributed by atoms with Crippen LogP contribution in [-0.2, 0) is 0 Å². The van der Waals surface area contributed by atoms with Gasteiger partial charge in [0.15, 0.2) is 0 Å². The number of aromatic amines is 1. The first-order chi connectivity index (χ1) is 10.3. The van der Waals surface area contributed by atoms with Gasteiger partial charge in [-0.3, -0.25) is 5.10 Å². The molecule has 0 bridgehead atoms. The number of halogens is 1. The molecule has 0 saturated carbocycles. The lowest BCUT2D eigenvalue weighted by molar-refractivity contribution is 0.0686. The molecule has 114 valence electrons. The van der Waals surface area contributed by atoms with Gasteiger partial charge in [-0.05, 0) is 32.0 Å².